The van der Waals surface area contributed by atoms with Gasteiger partial charge in [-0.05, 0) is 37.6 Å². The first-order chi connectivity index (χ1) is 10.3. The minimum Gasteiger partial charge on any atom is -0.497 e. The van der Waals surface area contributed by atoms with Gasteiger partial charge in [0, 0.05) is 6.04 Å². The minimum absolute atomic E-state index is 0.393. The molecule has 2 nitrogen and oxygen atoms in total. The lowest BCUT2D eigenvalue weighted by molar-refractivity contribution is 0.413. The predicted molar refractivity (Wildman–Crippen MR) is 92.0 cm³/mol. The molecule has 0 aliphatic carbocycles. The van der Waals surface area contributed by atoms with Crippen LogP contribution in [0.3, 0.4) is 0 Å². The number of nitrogens with one attached hydrogen (secondary N) is 1. The third-order valence-corrected chi connectivity index (χ3v) is 4.07. The fraction of sp³-hybridized carbons (Fsp3) is 0.684. The van der Waals surface area contributed by atoms with Gasteiger partial charge in [0.2, 0.25) is 0 Å². The molecule has 1 rings (SSSR count). The molecule has 0 fully saturated rings. The van der Waals surface area contributed by atoms with Crippen molar-refractivity contribution < 1.29 is 4.74 Å². The standard InChI is InChI=1S/C19H33NO/c1-4-5-6-7-8-9-10-11-15-20-17(2)18-13-12-14-19(16-18)21-3/h12-14,16-17,20H,4-11,15H2,1-3H3. The summed E-state index contributed by atoms with van der Waals surface area (Å²) in [4.78, 5) is 0. The Morgan fingerprint density at radius 2 is 1.67 bits per heavy atom. The van der Waals surface area contributed by atoms with E-state index in [4.69, 9.17) is 4.74 Å². The molecule has 2 heteroatoms. The van der Waals surface area contributed by atoms with Crippen molar-refractivity contribution >= 4 is 0 Å². The van der Waals surface area contributed by atoms with E-state index in [-0.39, 0.29) is 0 Å². The summed E-state index contributed by atoms with van der Waals surface area (Å²) in [5.74, 6) is 0.938. The molecule has 0 saturated carbocycles. The van der Waals surface area contributed by atoms with E-state index in [1.165, 1.54) is 56.9 Å². The fourth-order valence-corrected chi connectivity index (χ4v) is 2.61. The van der Waals surface area contributed by atoms with E-state index in [9.17, 15) is 0 Å². The average Bonchev–Trinajstić information content (AvgIpc) is 2.53. The number of benzene rings is 1. The first-order valence-corrected chi connectivity index (χ1v) is 8.65. The number of hydrogen-bond acceptors (Lipinski definition) is 2. The van der Waals surface area contributed by atoms with Crippen LogP contribution in [0.15, 0.2) is 24.3 Å². The van der Waals surface area contributed by atoms with Gasteiger partial charge in [0.15, 0.2) is 0 Å². The highest BCUT2D eigenvalue weighted by Crippen LogP contribution is 2.18. The Morgan fingerprint density at radius 3 is 2.33 bits per heavy atom. The Bertz CT molecular complexity index is 364. The van der Waals surface area contributed by atoms with Gasteiger partial charge in [-0.3, -0.25) is 0 Å². The topological polar surface area (TPSA) is 21.3 Å². The van der Waals surface area contributed by atoms with Crippen LogP contribution >= 0.6 is 0 Å². The van der Waals surface area contributed by atoms with Gasteiger partial charge in [-0.2, -0.15) is 0 Å². The second-order valence-electron chi connectivity index (χ2n) is 5.93. The molecule has 120 valence electrons. The lowest BCUT2D eigenvalue weighted by atomic mass is 10.1. The summed E-state index contributed by atoms with van der Waals surface area (Å²) >= 11 is 0. The first-order valence-electron chi connectivity index (χ1n) is 8.65. The molecule has 21 heavy (non-hydrogen) atoms. The van der Waals surface area contributed by atoms with E-state index in [1.54, 1.807) is 7.11 Å². The van der Waals surface area contributed by atoms with Crippen LogP contribution < -0.4 is 10.1 Å². The normalized spacial score (nSPS) is 12.3. The molecule has 1 N–H and O–H groups in total. The Balaban J connectivity index is 2.06. The Kier molecular flexibility index (Phi) is 9.98. The molecular formula is C19H33NO. The van der Waals surface area contributed by atoms with E-state index in [0.717, 1.165) is 12.3 Å². The molecule has 0 aromatic heterocycles. The van der Waals surface area contributed by atoms with Gasteiger partial charge in [0.1, 0.15) is 5.75 Å². The monoisotopic (exact) mass is 291 g/mol. The van der Waals surface area contributed by atoms with Crippen LogP contribution in [0, 0.1) is 0 Å². The molecule has 0 bridgehead atoms. The van der Waals surface area contributed by atoms with Crippen LogP contribution in [0.25, 0.3) is 0 Å². The largest absolute Gasteiger partial charge is 0.497 e. The van der Waals surface area contributed by atoms with Crippen LogP contribution in [0.1, 0.15) is 76.8 Å². The van der Waals surface area contributed by atoms with Crippen molar-refractivity contribution in [1.29, 1.82) is 0 Å². The van der Waals surface area contributed by atoms with Crippen molar-refractivity contribution in [2.24, 2.45) is 0 Å². The highest BCUT2D eigenvalue weighted by atomic mass is 16.5. The number of rotatable bonds is 12. The number of hydrogen-bond donors (Lipinski definition) is 1. The van der Waals surface area contributed by atoms with Gasteiger partial charge in [-0.25, -0.2) is 0 Å². The first kappa shape index (κ1) is 18.0. The maximum absolute atomic E-state index is 5.28. The smallest absolute Gasteiger partial charge is 0.119 e. The van der Waals surface area contributed by atoms with Gasteiger partial charge in [0.05, 0.1) is 7.11 Å². The summed E-state index contributed by atoms with van der Waals surface area (Å²) in [7, 11) is 1.72. The average molecular weight is 291 g/mol. The van der Waals surface area contributed by atoms with Gasteiger partial charge in [-0.15, -0.1) is 0 Å². The van der Waals surface area contributed by atoms with Crippen molar-refractivity contribution in [2.45, 2.75) is 71.3 Å². The van der Waals surface area contributed by atoms with E-state index < -0.39 is 0 Å². The number of methoxy groups -OCH3 is 1. The molecule has 0 amide bonds. The van der Waals surface area contributed by atoms with Gasteiger partial charge >= 0.3 is 0 Å². The van der Waals surface area contributed by atoms with Crippen molar-refractivity contribution in [3.63, 3.8) is 0 Å². The molecule has 0 spiro atoms. The summed E-state index contributed by atoms with van der Waals surface area (Å²) in [6.07, 6.45) is 11.0. The number of unbranched alkanes of at least 4 members (excludes halogenated alkanes) is 7. The lowest BCUT2D eigenvalue weighted by Crippen LogP contribution is -2.19. The molecular weight excluding hydrogens is 258 g/mol. The lowest BCUT2D eigenvalue weighted by Gasteiger charge is -2.15. The van der Waals surface area contributed by atoms with Crippen LogP contribution in [0.4, 0.5) is 0 Å². The van der Waals surface area contributed by atoms with Crippen LogP contribution in [-0.4, -0.2) is 13.7 Å². The zero-order chi connectivity index (χ0) is 15.3. The summed E-state index contributed by atoms with van der Waals surface area (Å²) in [5.41, 5.74) is 1.30. The Hall–Kier alpha value is -1.02. The molecule has 1 aromatic carbocycles. The molecule has 0 aliphatic heterocycles. The zero-order valence-corrected chi connectivity index (χ0v) is 14.2. The second kappa shape index (κ2) is 11.6. The maximum Gasteiger partial charge on any atom is 0.119 e. The molecule has 0 saturated heterocycles. The molecule has 1 atom stereocenters. The quantitative estimate of drug-likeness (QED) is 0.514. The predicted octanol–water partition coefficient (Wildman–Crippen LogP) is 5.49. The van der Waals surface area contributed by atoms with Crippen LogP contribution in [-0.2, 0) is 0 Å². The van der Waals surface area contributed by atoms with Gasteiger partial charge < -0.3 is 10.1 Å². The maximum atomic E-state index is 5.28. The Morgan fingerprint density at radius 1 is 1.00 bits per heavy atom. The summed E-state index contributed by atoms with van der Waals surface area (Å²) in [5, 5.41) is 3.61. The van der Waals surface area contributed by atoms with Crippen molar-refractivity contribution in [1.82, 2.24) is 5.32 Å². The van der Waals surface area contributed by atoms with E-state index >= 15 is 0 Å². The van der Waals surface area contributed by atoms with E-state index in [1.807, 2.05) is 6.07 Å². The Labute approximate surface area is 131 Å². The minimum atomic E-state index is 0.393. The zero-order valence-electron chi connectivity index (χ0n) is 14.2. The van der Waals surface area contributed by atoms with Crippen LogP contribution in [0.5, 0.6) is 5.75 Å². The van der Waals surface area contributed by atoms with Crippen molar-refractivity contribution in [2.75, 3.05) is 13.7 Å². The number of ether oxygens (including phenoxy) is 1. The molecule has 1 aromatic rings. The molecule has 0 radical (unpaired) electrons. The second-order valence-corrected chi connectivity index (χ2v) is 5.93. The fourth-order valence-electron chi connectivity index (χ4n) is 2.61. The van der Waals surface area contributed by atoms with Crippen molar-refractivity contribution in [3.05, 3.63) is 29.8 Å². The molecule has 0 heterocycles. The molecule has 0 aliphatic rings. The summed E-state index contributed by atoms with van der Waals surface area (Å²) in [6.45, 7) is 5.60. The third-order valence-electron chi connectivity index (χ3n) is 4.07. The summed E-state index contributed by atoms with van der Waals surface area (Å²) < 4.78 is 5.28. The van der Waals surface area contributed by atoms with Crippen molar-refractivity contribution in [3.8, 4) is 5.75 Å². The highest BCUT2D eigenvalue weighted by molar-refractivity contribution is 5.30. The molecule has 1 unspecified atom stereocenters. The van der Waals surface area contributed by atoms with Gasteiger partial charge in [0.25, 0.3) is 0 Å². The van der Waals surface area contributed by atoms with Gasteiger partial charge in [-0.1, -0.05) is 64.0 Å². The van der Waals surface area contributed by atoms with E-state index in [2.05, 4.69) is 37.4 Å². The van der Waals surface area contributed by atoms with Crippen LogP contribution in [0.2, 0.25) is 0 Å². The highest BCUT2D eigenvalue weighted by Gasteiger charge is 2.05. The summed E-state index contributed by atoms with van der Waals surface area (Å²) in [6, 6.07) is 8.72. The van der Waals surface area contributed by atoms with E-state index in [0.29, 0.717) is 6.04 Å². The SMILES string of the molecule is CCCCCCCCCCNC(C)c1cccc(OC)c1. The third kappa shape index (κ3) is 8.11.